The summed E-state index contributed by atoms with van der Waals surface area (Å²) >= 11 is 0. The van der Waals surface area contributed by atoms with Crippen LogP contribution in [0.3, 0.4) is 0 Å². The number of ether oxygens (including phenoxy) is 4. The van der Waals surface area contributed by atoms with Gasteiger partial charge in [-0.2, -0.15) is 0 Å². The van der Waals surface area contributed by atoms with Crippen LogP contribution >= 0.6 is 0 Å². The largest absolute Gasteiger partial charge is 0.479 e. The van der Waals surface area contributed by atoms with Crippen LogP contribution in [0.4, 0.5) is 0 Å². The predicted molar refractivity (Wildman–Crippen MR) is 82.4 cm³/mol. The maximum atomic E-state index is 11.5. The molecule has 2 aliphatic rings. The Morgan fingerprint density at radius 1 is 0.821 bits per heavy atom. The number of hydroxylamine groups is 1. The Morgan fingerprint density at radius 2 is 1.29 bits per heavy atom. The van der Waals surface area contributed by atoms with Crippen molar-refractivity contribution in [2.75, 3.05) is 14.2 Å². The number of hydrogen-bond acceptors (Lipinski definition) is 12. The minimum absolute atomic E-state index is 1.10. The zero-order valence-electron chi connectivity index (χ0n) is 14.8. The Kier molecular flexibility index (Phi) is 7.63. The first-order chi connectivity index (χ1) is 13.1. The van der Waals surface area contributed by atoms with Gasteiger partial charge < -0.3 is 49.6 Å². The Bertz CT molecular complexity index is 561. The highest BCUT2D eigenvalue weighted by Crippen LogP contribution is 2.30. The quantitative estimate of drug-likeness (QED) is 0.196. The summed E-state index contributed by atoms with van der Waals surface area (Å²) in [6, 6.07) is 0. The van der Waals surface area contributed by atoms with Gasteiger partial charge in [0.25, 0.3) is 0 Å². The molecule has 0 aromatic heterocycles. The molecule has 0 spiro atoms. The lowest BCUT2D eigenvalue weighted by Crippen LogP contribution is -2.66. The Balaban J connectivity index is 2.23. The maximum Gasteiger partial charge on any atom is 0.335 e. The molecule has 2 saturated heterocycles. The van der Waals surface area contributed by atoms with Crippen molar-refractivity contribution in [3.63, 3.8) is 0 Å². The van der Waals surface area contributed by atoms with E-state index in [1.807, 2.05) is 0 Å². The van der Waals surface area contributed by atoms with Gasteiger partial charge in [-0.1, -0.05) is 0 Å². The van der Waals surface area contributed by atoms with E-state index in [0.717, 1.165) is 7.11 Å². The molecule has 2 aliphatic heterocycles. The Labute approximate surface area is 158 Å². The summed E-state index contributed by atoms with van der Waals surface area (Å²) in [5, 5.41) is 59.0. The number of aliphatic carboxylic acids is 2. The summed E-state index contributed by atoms with van der Waals surface area (Å²) in [7, 11) is 2.41. The molecule has 162 valence electrons. The minimum atomic E-state index is -1.88. The smallest absolute Gasteiger partial charge is 0.335 e. The summed E-state index contributed by atoms with van der Waals surface area (Å²) in [5.74, 6) is -3.14. The molecule has 14 heteroatoms. The first-order valence-corrected chi connectivity index (χ1v) is 8.13. The lowest BCUT2D eigenvalue weighted by molar-refractivity contribution is -0.356. The van der Waals surface area contributed by atoms with Crippen LogP contribution in [0.2, 0.25) is 0 Å². The van der Waals surface area contributed by atoms with E-state index in [4.69, 9.17) is 23.8 Å². The SMILES string of the molecule is CNO[C@@H]1OC(C(=O)O)[C@@H](O[C@@H]2OC(C(=O)O)C(OC)C(O)C2O)C(O)C1O. The molecule has 0 amide bonds. The molecule has 7 N–H and O–H groups in total. The van der Waals surface area contributed by atoms with E-state index in [2.05, 4.69) is 5.48 Å². The van der Waals surface area contributed by atoms with Crippen LogP contribution in [0, 0.1) is 0 Å². The molecule has 0 saturated carbocycles. The van der Waals surface area contributed by atoms with E-state index in [9.17, 15) is 40.2 Å². The van der Waals surface area contributed by atoms with Gasteiger partial charge in [-0.15, -0.1) is 0 Å². The van der Waals surface area contributed by atoms with Gasteiger partial charge in [0.1, 0.15) is 36.6 Å². The van der Waals surface area contributed by atoms with Crippen molar-refractivity contribution in [1.82, 2.24) is 5.48 Å². The topological polar surface area (TPSA) is 214 Å². The van der Waals surface area contributed by atoms with Crippen LogP contribution in [0.5, 0.6) is 0 Å². The van der Waals surface area contributed by atoms with Crippen molar-refractivity contribution >= 4 is 11.9 Å². The Morgan fingerprint density at radius 3 is 1.79 bits per heavy atom. The van der Waals surface area contributed by atoms with Gasteiger partial charge in [-0.25, -0.2) is 15.1 Å². The van der Waals surface area contributed by atoms with Gasteiger partial charge in [0.05, 0.1) is 0 Å². The number of methoxy groups -OCH3 is 1. The molecule has 10 atom stereocenters. The highest BCUT2D eigenvalue weighted by atomic mass is 16.8. The number of hydrogen-bond donors (Lipinski definition) is 7. The summed E-state index contributed by atoms with van der Waals surface area (Å²) < 4.78 is 20.2. The third-order valence-corrected chi connectivity index (χ3v) is 4.37. The zero-order valence-corrected chi connectivity index (χ0v) is 14.8. The van der Waals surface area contributed by atoms with Crippen molar-refractivity contribution in [3.05, 3.63) is 0 Å². The molecule has 14 nitrogen and oxygen atoms in total. The molecule has 0 aliphatic carbocycles. The molecule has 2 heterocycles. The van der Waals surface area contributed by atoms with Crippen LogP contribution in [0.1, 0.15) is 0 Å². The fourth-order valence-electron chi connectivity index (χ4n) is 2.97. The molecule has 7 unspecified atom stereocenters. The first-order valence-electron chi connectivity index (χ1n) is 8.13. The maximum absolute atomic E-state index is 11.5. The molecule has 0 aromatic carbocycles. The van der Waals surface area contributed by atoms with Gasteiger partial charge in [0, 0.05) is 14.2 Å². The molecule has 0 aromatic rings. The van der Waals surface area contributed by atoms with E-state index in [-0.39, 0.29) is 0 Å². The van der Waals surface area contributed by atoms with Gasteiger partial charge in [0.15, 0.2) is 18.5 Å². The third-order valence-electron chi connectivity index (χ3n) is 4.37. The average Bonchev–Trinajstić information content (AvgIpc) is 2.64. The second-order valence-electron chi connectivity index (χ2n) is 6.11. The van der Waals surface area contributed by atoms with Gasteiger partial charge in [-0.3, -0.25) is 4.84 Å². The summed E-state index contributed by atoms with van der Waals surface area (Å²) in [6.07, 6.45) is -17.6. The molecule has 2 fully saturated rings. The second-order valence-corrected chi connectivity index (χ2v) is 6.11. The van der Waals surface area contributed by atoms with Gasteiger partial charge in [-0.05, 0) is 0 Å². The normalized spacial score (nSPS) is 44.2. The van der Waals surface area contributed by atoms with Crippen molar-refractivity contribution in [2.24, 2.45) is 0 Å². The van der Waals surface area contributed by atoms with Crippen LogP contribution in [-0.2, 0) is 33.4 Å². The lowest BCUT2D eigenvalue weighted by atomic mass is 9.96. The first kappa shape index (κ1) is 22.8. The second kappa shape index (κ2) is 9.36. The molecule has 2 rings (SSSR count). The fourth-order valence-corrected chi connectivity index (χ4v) is 2.97. The van der Waals surface area contributed by atoms with E-state index in [1.54, 1.807) is 0 Å². The van der Waals surface area contributed by atoms with Crippen LogP contribution < -0.4 is 5.48 Å². The van der Waals surface area contributed by atoms with E-state index in [0.29, 0.717) is 0 Å². The lowest BCUT2D eigenvalue weighted by Gasteiger charge is -2.45. The van der Waals surface area contributed by atoms with Crippen LogP contribution in [-0.4, -0.2) is 118 Å². The minimum Gasteiger partial charge on any atom is -0.479 e. The van der Waals surface area contributed by atoms with Crippen molar-refractivity contribution in [3.8, 4) is 0 Å². The number of carboxylic acid groups (broad SMARTS) is 2. The molecular weight excluding hydrogens is 390 g/mol. The van der Waals surface area contributed by atoms with Gasteiger partial charge in [0.2, 0.25) is 6.29 Å². The summed E-state index contributed by atoms with van der Waals surface area (Å²) in [4.78, 5) is 27.6. The fraction of sp³-hybridized carbons (Fsp3) is 0.857. The number of carbonyl (C=O) groups is 2. The predicted octanol–water partition coefficient (Wildman–Crippen LogP) is -4.40. The number of carboxylic acids is 2. The highest BCUT2D eigenvalue weighted by Gasteiger charge is 2.54. The number of rotatable bonds is 7. The molecule has 28 heavy (non-hydrogen) atoms. The standard InChI is InChI=1S/C14H23NO13/c1-15-28-14-6(19)4(17)8(10(27-14)12(22)23)25-13-5(18)3(16)7(24-2)9(26-13)11(20)21/h3-10,13-19H,1-2H3,(H,20,21)(H,22,23)/t3?,4?,5?,6?,7?,8-,9?,10?,13+,14-/m0/s1. The number of aliphatic hydroxyl groups is 4. The van der Waals surface area contributed by atoms with Crippen molar-refractivity contribution in [1.29, 1.82) is 0 Å². The Hall–Kier alpha value is -1.46. The molecule has 0 radical (unpaired) electrons. The van der Waals surface area contributed by atoms with Crippen LogP contribution in [0.15, 0.2) is 0 Å². The monoisotopic (exact) mass is 413 g/mol. The highest BCUT2D eigenvalue weighted by molar-refractivity contribution is 5.74. The van der Waals surface area contributed by atoms with Crippen LogP contribution in [0.25, 0.3) is 0 Å². The van der Waals surface area contributed by atoms with E-state index >= 15 is 0 Å². The van der Waals surface area contributed by atoms with E-state index < -0.39 is 73.4 Å². The van der Waals surface area contributed by atoms with E-state index in [1.165, 1.54) is 7.05 Å². The third kappa shape index (κ3) is 4.41. The molecular formula is C14H23NO13. The van der Waals surface area contributed by atoms with Crippen molar-refractivity contribution < 1.29 is 64.0 Å². The average molecular weight is 413 g/mol. The molecule has 0 bridgehead atoms. The number of aliphatic hydroxyl groups excluding tert-OH is 4. The summed E-state index contributed by atoms with van der Waals surface area (Å²) in [6.45, 7) is 0. The summed E-state index contributed by atoms with van der Waals surface area (Å²) in [5.41, 5.74) is 2.18. The van der Waals surface area contributed by atoms with Gasteiger partial charge >= 0.3 is 11.9 Å². The number of nitrogens with one attached hydrogen (secondary N) is 1. The zero-order chi connectivity index (χ0) is 21.2. The van der Waals surface area contributed by atoms with Crippen molar-refractivity contribution in [2.45, 2.75) is 61.4 Å².